The van der Waals surface area contributed by atoms with Crippen molar-refractivity contribution in [3.63, 3.8) is 0 Å². The zero-order valence-corrected chi connectivity index (χ0v) is 20.8. The molecule has 4 heteroatoms. The molecule has 1 aliphatic rings. The molecule has 1 fully saturated rings. The number of rotatable bonds is 10. The fourth-order valence-electron chi connectivity index (χ4n) is 4.51. The first-order valence-electron chi connectivity index (χ1n) is 12.2. The van der Waals surface area contributed by atoms with E-state index in [1.54, 1.807) is 0 Å². The molecular formula is C29H40N4. The second-order valence-electron chi connectivity index (χ2n) is 8.40. The van der Waals surface area contributed by atoms with Crippen LogP contribution in [0.25, 0.3) is 0 Å². The lowest BCUT2D eigenvalue weighted by Gasteiger charge is -2.23. The largest absolute Gasteiger partial charge is 0.388 e. The summed E-state index contributed by atoms with van der Waals surface area (Å²) < 4.78 is 0. The van der Waals surface area contributed by atoms with E-state index in [-0.39, 0.29) is 18.2 Å². The number of nitrogens with zero attached hydrogens (tertiary/aromatic N) is 1. The molecule has 0 saturated carbocycles. The van der Waals surface area contributed by atoms with Crippen molar-refractivity contribution >= 4 is 11.4 Å². The summed E-state index contributed by atoms with van der Waals surface area (Å²) in [7, 11) is 1.96. The summed E-state index contributed by atoms with van der Waals surface area (Å²) in [5, 5.41) is 10.9. The zero-order valence-electron chi connectivity index (χ0n) is 20.8. The molecule has 0 spiro atoms. The molecule has 33 heavy (non-hydrogen) atoms. The average molecular weight is 445 g/mol. The molecule has 3 atom stereocenters. The van der Waals surface area contributed by atoms with Crippen molar-refractivity contribution in [2.45, 2.75) is 52.4 Å². The smallest absolute Gasteiger partial charge is 0.0617 e. The van der Waals surface area contributed by atoms with Gasteiger partial charge < -0.3 is 10.2 Å². The quantitative estimate of drug-likeness (QED) is 0.374. The van der Waals surface area contributed by atoms with Crippen molar-refractivity contribution in [1.82, 2.24) is 10.6 Å². The molecule has 1 aliphatic heterocycles. The third kappa shape index (κ3) is 6.37. The van der Waals surface area contributed by atoms with Gasteiger partial charge in [0.25, 0.3) is 0 Å². The second-order valence-corrected chi connectivity index (χ2v) is 8.40. The molecule has 0 radical (unpaired) electrons. The van der Waals surface area contributed by atoms with Gasteiger partial charge in [-0.2, -0.15) is 0 Å². The van der Waals surface area contributed by atoms with Gasteiger partial charge in [0.05, 0.1) is 18.2 Å². The number of hydrogen-bond acceptors (Lipinski definition) is 4. The summed E-state index contributed by atoms with van der Waals surface area (Å²) in [6.07, 6.45) is 11.9. The van der Waals surface area contributed by atoms with Crippen molar-refractivity contribution in [3.8, 4) is 0 Å². The Kier molecular flexibility index (Phi) is 9.35. The van der Waals surface area contributed by atoms with Gasteiger partial charge in [-0.1, -0.05) is 54.6 Å². The number of benzene rings is 2. The van der Waals surface area contributed by atoms with Gasteiger partial charge in [-0.25, -0.2) is 0 Å². The lowest BCUT2D eigenvalue weighted by Crippen LogP contribution is -2.31. The van der Waals surface area contributed by atoms with Gasteiger partial charge in [0.2, 0.25) is 0 Å². The molecule has 2 aromatic carbocycles. The normalized spacial score (nSPS) is 21.2. The molecule has 0 aliphatic carbocycles. The van der Waals surface area contributed by atoms with E-state index in [0.29, 0.717) is 0 Å². The highest BCUT2D eigenvalue weighted by Gasteiger charge is 2.34. The Bertz CT molecular complexity index is 937. The topological polar surface area (TPSA) is 39.3 Å². The number of nitrogens with one attached hydrogen (secondary N) is 3. The van der Waals surface area contributed by atoms with Gasteiger partial charge in [-0.05, 0) is 75.1 Å². The van der Waals surface area contributed by atoms with Gasteiger partial charge >= 0.3 is 0 Å². The Morgan fingerprint density at radius 1 is 0.879 bits per heavy atom. The Hall–Kier alpha value is -2.82. The van der Waals surface area contributed by atoms with E-state index in [2.05, 4.69) is 127 Å². The molecule has 1 heterocycles. The van der Waals surface area contributed by atoms with E-state index in [9.17, 15) is 0 Å². The first-order valence-corrected chi connectivity index (χ1v) is 12.2. The van der Waals surface area contributed by atoms with E-state index in [1.165, 1.54) is 22.4 Å². The van der Waals surface area contributed by atoms with Gasteiger partial charge in [-0.15, -0.1) is 0 Å². The van der Waals surface area contributed by atoms with Crippen molar-refractivity contribution < 1.29 is 0 Å². The highest BCUT2D eigenvalue weighted by Crippen LogP contribution is 2.35. The fraction of sp³-hybridized carbons (Fsp3) is 0.379. The van der Waals surface area contributed by atoms with Crippen molar-refractivity contribution in [3.05, 3.63) is 95.6 Å². The zero-order chi connectivity index (χ0) is 23.6. The van der Waals surface area contributed by atoms with Gasteiger partial charge in [0.15, 0.2) is 0 Å². The summed E-state index contributed by atoms with van der Waals surface area (Å²) in [6, 6.07) is 18.3. The predicted octanol–water partition coefficient (Wildman–Crippen LogP) is 6.34. The Labute approximate surface area is 200 Å². The van der Waals surface area contributed by atoms with Crippen LogP contribution in [-0.4, -0.2) is 26.3 Å². The van der Waals surface area contributed by atoms with Crippen molar-refractivity contribution in [2.24, 2.45) is 0 Å². The van der Waals surface area contributed by atoms with Gasteiger partial charge in [0.1, 0.15) is 0 Å². The maximum absolute atomic E-state index is 3.86. The number of allylic oxidation sites excluding steroid dienone is 5. The van der Waals surface area contributed by atoms with Crippen LogP contribution in [0.3, 0.4) is 0 Å². The van der Waals surface area contributed by atoms with E-state index < -0.39 is 0 Å². The maximum Gasteiger partial charge on any atom is 0.0617 e. The minimum atomic E-state index is 0.213. The molecule has 2 unspecified atom stereocenters. The number of anilines is 2. The summed E-state index contributed by atoms with van der Waals surface area (Å²) in [4.78, 5) is 2.38. The minimum absolute atomic E-state index is 0.213. The standard InChI is InChI=1S/C29H40N4/c1-6-11-22(7-2)12-10-13-27-31-28(23-14-18-25(30-5)19-15-23)29(32-27)24-16-20-26(21-17-24)33(8-3)9-4/h6-7,10-12,14-21,27-32H,8-9,13H2,1-5H3/b11-6+,12-10-,22-7-/t27?,28?,29-/m0/s1. The van der Waals surface area contributed by atoms with Crippen LogP contribution in [0.1, 0.15) is 57.3 Å². The second kappa shape index (κ2) is 12.4. The Morgan fingerprint density at radius 2 is 1.45 bits per heavy atom. The summed E-state index contributed by atoms with van der Waals surface area (Å²) in [5.41, 5.74) is 6.27. The first-order chi connectivity index (χ1) is 16.1. The first kappa shape index (κ1) is 24.8. The third-order valence-electron chi connectivity index (χ3n) is 6.41. The molecule has 4 nitrogen and oxygen atoms in total. The van der Waals surface area contributed by atoms with E-state index >= 15 is 0 Å². The minimum Gasteiger partial charge on any atom is -0.388 e. The van der Waals surface area contributed by atoms with Crippen LogP contribution < -0.4 is 20.9 Å². The van der Waals surface area contributed by atoms with Crippen LogP contribution in [0.2, 0.25) is 0 Å². The molecule has 176 valence electrons. The predicted molar refractivity (Wildman–Crippen MR) is 144 cm³/mol. The molecule has 1 saturated heterocycles. The SMILES string of the molecule is C/C=C(\C=C/CC1NC(c2ccc(NC)cc2)[C@H](c2ccc(N(CC)CC)cc2)N1)/C=C/C. The van der Waals surface area contributed by atoms with Crippen LogP contribution in [0.4, 0.5) is 11.4 Å². The fourth-order valence-corrected chi connectivity index (χ4v) is 4.51. The van der Waals surface area contributed by atoms with E-state index in [1.807, 2.05) is 7.05 Å². The summed E-state index contributed by atoms with van der Waals surface area (Å²) >= 11 is 0. The number of hydrogen-bond donors (Lipinski definition) is 3. The van der Waals surface area contributed by atoms with Crippen LogP contribution >= 0.6 is 0 Å². The Morgan fingerprint density at radius 3 is 1.94 bits per heavy atom. The van der Waals surface area contributed by atoms with Gasteiger partial charge in [-0.3, -0.25) is 10.6 Å². The highest BCUT2D eigenvalue weighted by molar-refractivity contribution is 5.49. The molecule has 0 aromatic heterocycles. The molecule has 0 amide bonds. The summed E-state index contributed by atoms with van der Waals surface area (Å²) in [6.45, 7) is 10.6. The third-order valence-corrected chi connectivity index (χ3v) is 6.41. The van der Waals surface area contributed by atoms with Crippen LogP contribution in [0.15, 0.2) is 84.5 Å². The van der Waals surface area contributed by atoms with Crippen molar-refractivity contribution in [1.29, 1.82) is 0 Å². The molecular weight excluding hydrogens is 404 g/mol. The Balaban J connectivity index is 1.82. The van der Waals surface area contributed by atoms with Crippen LogP contribution in [-0.2, 0) is 0 Å². The molecule has 3 rings (SSSR count). The van der Waals surface area contributed by atoms with Crippen LogP contribution in [0, 0.1) is 0 Å². The van der Waals surface area contributed by atoms with Crippen LogP contribution in [0.5, 0.6) is 0 Å². The average Bonchev–Trinajstić information content (AvgIpc) is 3.29. The molecule has 0 bridgehead atoms. The highest BCUT2D eigenvalue weighted by atomic mass is 15.2. The maximum atomic E-state index is 3.86. The van der Waals surface area contributed by atoms with Crippen molar-refractivity contribution in [2.75, 3.05) is 30.4 Å². The van der Waals surface area contributed by atoms with E-state index in [0.717, 1.165) is 25.2 Å². The molecule has 2 aromatic rings. The lowest BCUT2D eigenvalue weighted by atomic mass is 9.94. The van der Waals surface area contributed by atoms with E-state index in [4.69, 9.17) is 0 Å². The monoisotopic (exact) mass is 444 g/mol. The van der Waals surface area contributed by atoms with Gasteiger partial charge in [0, 0.05) is 31.5 Å². The summed E-state index contributed by atoms with van der Waals surface area (Å²) in [5.74, 6) is 0. The molecule has 3 N–H and O–H groups in total. The lowest BCUT2D eigenvalue weighted by molar-refractivity contribution is 0.531.